The summed E-state index contributed by atoms with van der Waals surface area (Å²) < 4.78 is 34.6. The lowest BCUT2D eigenvalue weighted by atomic mass is 9.95. The molecule has 8 nitrogen and oxygen atoms in total. The molecule has 0 bridgehead atoms. The van der Waals surface area contributed by atoms with Crippen molar-refractivity contribution in [3.63, 3.8) is 0 Å². The fourth-order valence-corrected chi connectivity index (χ4v) is 7.20. The average molecular weight is 681 g/mol. The van der Waals surface area contributed by atoms with Gasteiger partial charge in [0.1, 0.15) is 18.3 Å². The molecule has 1 aliphatic rings. The number of halogens is 3. The van der Waals surface area contributed by atoms with Gasteiger partial charge < -0.3 is 15.0 Å². The van der Waals surface area contributed by atoms with Crippen LogP contribution in [-0.4, -0.2) is 50.4 Å². The Labute approximate surface area is 274 Å². The Kier molecular flexibility index (Phi) is 11.8. The standard InChI is InChI=1S/C32H36Cl3N3O5S/c1-3-43-26-16-14-25(15-17-26)38(44(41,42)27-18-12-23(33)13-19-27)21-31(39)37(20-28-29(34)10-7-11-30(28)35)22(2)32(40)36-24-8-5-4-6-9-24/h7,10-19,22,24H,3-6,8-9,20-21H2,1-2H3,(H,36,40)/t22-/m0/s1. The van der Waals surface area contributed by atoms with Crippen LogP contribution in [0.4, 0.5) is 5.69 Å². The van der Waals surface area contributed by atoms with Gasteiger partial charge in [0.25, 0.3) is 10.0 Å². The Morgan fingerprint density at radius 3 is 2.14 bits per heavy atom. The smallest absolute Gasteiger partial charge is 0.264 e. The zero-order valence-corrected chi connectivity index (χ0v) is 27.7. The van der Waals surface area contributed by atoms with Gasteiger partial charge in [0.05, 0.1) is 17.2 Å². The second-order valence-corrected chi connectivity index (χ2v) is 13.7. The molecule has 1 fully saturated rings. The first-order valence-electron chi connectivity index (χ1n) is 14.5. The molecule has 12 heteroatoms. The van der Waals surface area contributed by atoms with Gasteiger partial charge >= 0.3 is 0 Å². The molecule has 1 N–H and O–H groups in total. The van der Waals surface area contributed by atoms with Crippen molar-refractivity contribution in [1.29, 1.82) is 0 Å². The summed E-state index contributed by atoms with van der Waals surface area (Å²) in [5.74, 6) is -0.394. The van der Waals surface area contributed by atoms with Crippen molar-refractivity contribution >= 4 is 62.3 Å². The molecule has 1 aliphatic carbocycles. The van der Waals surface area contributed by atoms with E-state index in [1.807, 2.05) is 6.92 Å². The van der Waals surface area contributed by atoms with Crippen molar-refractivity contribution < 1.29 is 22.7 Å². The highest BCUT2D eigenvalue weighted by atomic mass is 35.5. The van der Waals surface area contributed by atoms with Crippen LogP contribution in [0.3, 0.4) is 0 Å². The molecule has 0 aromatic heterocycles. The molecule has 1 atom stereocenters. The molecule has 0 radical (unpaired) electrons. The summed E-state index contributed by atoms with van der Waals surface area (Å²) in [4.78, 5) is 29.0. The largest absolute Gasteiger partial charge is 0.494 e. The number of sulfonamides is 1. The molecule has 1 saturated carbocycles. The monoisotopic (exact) mass is 679 g/mol. The molecule has 0 heterocycles. The van der Waals surface area contributed by atoms with E-state index < -0.39 is 28.5 Å². The first-order valence-corrected chi connectivity index (χ1v) is 17.1. The second kappa shape index (κ2) is 15.3. The van der Waals surface area contributed by atoms with Gasteiger partial charge in [-0.1, -0.05) is 60.1 Å². The molecule has 0 unspecified atom stereocenters. The summed E-state index contributed by atoms with van der Waals surface area (Å²) in [6, 6.07) is 16.2. The van der Waals surface area contributed by atoms with Gasteiger partial charge in [0, 0.05) is 33.2 Å². The maximum atomic E-state index is 14.2. The van der Waals surface area contributed by atoms with Gasteiger partial charge in [-0.05, 0) is 87.4 Å². The third kappa shape index (κ3) is 8.38. The molecule has 3 aromatic carbocycles. The Bertz CT molecular complexity index is 1530. The molecular weight excluding hydrogens is 645 g/mol. The van der Waals surface area contributed by atoms with E-state index in [1.165, 1.54) is 29.2 Å². The van der Waals surface area contributed by atoms with Crippen molar-refractivity contribution in [2.75, 3.05) is 17.5 Å². The van der Waals surface area contributed by atoms with E-state index in [0.717, 1.165) is 36.4 Å². The van der Waals surface area contributed by atoms with E-state index in [-0.39, 0.29) is 29.1 Å². The van der Waals surface area contributed by atoms with E-state index in [0.29, 0.717) is 33.0 Å². The first kappa shape index (κ1) is 33.9. The maximum Gasteiger partial charge on any atom is 0.264 e. The Hall–Kier alpha value is -2.98. The fraction of sp³-hybridized carbons (Fsp3) is 0.375. The predicted octanol–water partition coefficient (Wildman–Crippen LogP) is 7.11. The number of nitrogens with zero attached hydrogens (tertiary/aromatic N) is 2. The number of ether oxygens (including phenoxy) is 1. The third-order valence-corrected chi connectivity index (χ3v) is 10.4. The van der Waals surface area contributed by atoms with Crippen LogP contribution in [-0.2, 0) is 26.2 Å². The zero-order valence-electron chi connectivity index (χ0n) is 24.6. The number of amides is 2. The summed E-state index contributed by atoms with van der Waals surface area (Å²) in [6.45, 7) is 3.20. The number of hydrogen-bond donors (Lipinski definition) is 1. The van der Waals surface area contributed by atoms with Crippen LogP contribution < -0.4 is 14.4 Å². The fourth-order valence-electron chi connectivity index (χ4n) is 5.14. The number of rotatable bonds is 12. The van der Waals surface area contributed by atoms with E-state index in [4.69, 9.17) is 39.5 Å². The summed E-state index contributed by atoms with van der Waals surface area (Å²) in [5, 5.41) is 4.10. The van der Waals surface area contributed by atoms with Crippen LogP contribution in [0.5, 0.6) is 5.75 Å². The number of carbonyl (C=O) groups excluding carboxylic acids is 2. The van der Waals surface area contributed by atoms with Crippen molar-refractivity contribution in [1.82, 2.24) is 10.2 Å². The van der Waals surface area contributed by atoms with Gasteiger partial charge in [-0.15, -0.1) is 0 Å². The summed E-state index contributed by atoms with van der Waals surface area (Å²) >= 11 is 19.0. The Morgan fingerprint density at radius 1 is 0.932 bits per heavy atom. The molecule has 3 aromatic rings. The number of benzene rings is 3. The minimum absolute atomic E-state index is 0.0187. The van der Waals surface area contributed by atoms with E-state index >= 15 is 0 Å². The highest BCUT2D eigenvalue weighted by molar-refractivity contribution is 7.92. The molecule has 0 spiro atoms. The summed E-state index contributed by atoms with van der Waals surface area (Å²) in [7, 11) is -4.25. The van der Waals surface area contributed by atoms with Crippen molar-refractivity contribution in [3.05, 3.63) is 87.4 Å². The molecule has 0 saturated heterocycles. The highest BCUT2D eigenvalue weighted by Gasteiger charge is 2.34. The molecule has 0 aliphatic heterocycles. The zero-order chi connectivity index (χ0) is 31.9. The van der Waals surface area contributed by atoms with Gasteiger partial charge in [0.2, 0.25) is 11.8 Å². The Morgan fingerprint density at radius 2 is 1.55 bits per heavy atom. The van der Waals surface area contributed by atoms with Crippen LogP contribution in [0, 0.1) is 0 Å². The van der Waals surface area contributed by atoms with Crippen LogP contribution in [0.25, 0.3) is 0 Å². The molecule has 4 rings (SSSR count). The van der Waals surface area contributed by atoms with E-state index in [9.17, 15) is 18.0 Å². The SMILES string of the molecule is CCOc1ccc(N(CC(=O)N(Cc2c(Cl)cccc2Cl)[C@@H](C)C(=O)NC2CCCCC2)S(=O)(=O)c2ccc(Cl)cc2)cc1. The molecule has 236 valence electrons. The number of nitrogens with one attached hydrogen (secondary N) is 1. The first-order chi connectivity index (χ1) is 21.0. The maximum absolute atomic E-state index is 14.2. The van der Waals surface area contributed by atoms with E-state index in [2.05, 4.69) is 5.32 Å². The third-order valence-electron chi connectivity index (χ3n) is 7.63. The normalized spacial score (nSPS) is 14.5. The topological polar surface area (TPSA) is 96.0 Å². The van der Waals surface area contributed by atoms with Crippen molar-refractivity contribution in [2.45, 2.75) is 69.5 Å². The number of hydrogen-bond acceptors (Lipinski definition) is 5. The highest BCUT2D eigenvalue weighted by Crippen LogP contribution is 2.30. The van der Waals surface area contributed by atoms with Crippen LogP contribution in [0.2, 0.25) is 15.1 Å². The molecular formula is C32H36Cl3N3O5S. The second-order valence-electron chi connectivity index (χ2n) is 10.6. The minimum Gasteiger partial charge on any atom is -0.494 e. The van der Waals surface area contributed by atoms with Gasteiger partial charge in [0.15, 0.2) is 0 Å². The summed E-state index contributed by atoms with van der Waals surface area (Å²) in [6.07, 6.45) is 4.91. The minimum atomic E-state index is -4.25. The predicted molar refractivity (Wildman–Crippen MR) is 175 cm³/mol. The van der Waals surface area contributed by atoms with E-state index in [1.54, 1.807) is 49.4 Å². The average Bonchev–Trinajstić information content (AvgIpc) is 3.00. The van der Waals surface area contributed by atoms with Gasteiger partial charge in [-0.25, -0.2) is 8.42 Å². The van der Waals surface area contributed by atoms with Crippen LogP contribution >= 0.6 is 34.8 Å². The number of carbonyl (C=O) groups is 2. The van der Waals surface area contributed by atoms with Gasteiger partial charge in [-0.2, -0.15) is 0 Å². The lowest BCUT2D eigenvalue weighted by Gasteiger charge is -2.33. The molecule has 2 amide bonds. The van der Waals surface area contributed by atoms with Crippen molar-refractivity contribution in [2.24, 2.45) is 0 Å². The number of anilines is 1. The summed E-state index contributed by atoms with van der Waals surface area (Å²) in [5.41, 5.74) is 0.696. The lowest BCUT2D eigenvalue weighted by molar-refractivity contribution is -0.139. The molecule has 44 heavy (non-hydrogen) atoms. The van der Waals surface area contributed by atoms with Crippen LogP contribution in [0.1, 0.15) is 51.5 Å². The van der Waals surface area contributed by atoms with Gasteiger partial charge in [-0.3, -0.25) is 13.9 Å². The lowest BCUT2D eigenvalue weighted by Crippen LogP contribution is -2.53. The van der Waals surface area contributed by atoms with Crippen molar-refractivity contribution in [3.8, 4) is 5.75 Å². The quantitative estimate of drug-likeness (QED) is 0.220. The Balaban J connectivity index is 1.71. The van der Waals surface area contributed by atoms with Crippen LogP contribution in [0.15, 0.2) is 71.6 Å².